The van der Waals surface area contributed by atoms with Gasteiger partial charge < -0.3 is 9.64 Å². The third-order valence-corrected chi connectivity index (χ3v) is 3.77. The van der Waals surface area contributed by atoms with Gasteiger partial charge in [0.25, 0.3) is 5.91 Å². The lowest BCUT2D eigenvalue weighted by atomic mass is 10.1. The van der Waals surface area contributed by atoms with E-state index in [0.717, 1.165) is 0 Å². The van der Waals surface area contributed by atoms with Crippen molar-refractivity contribution in [2.24, 2.45) is 0 Å². The molecule has 1 unspecified atom stereocenters. The van der Waals surface area contributed by atoms with Gasteiger partial charge in [0.1, 0.15) is 5.82 Å². The van der Waals surface area contributed by atoms with Crippen LogP contribution in [0.1, 0.15) is 10.4 Å². The van der Waals surface area contributed by atoms with E-state index in [9.17, 15) is 23.7 Å². The molecule has 1 aromatic carbocycles. The van der Waals surface area contributed by atoms with Gasteiger partial charge in [0.05, 0.1) is 29.3 Å². The molecule has 0 aromatic heterocycles. The molecule has 0 radical (unpaired) electrons. The van der Waals surface area contributed by atoms with E-state index in [2.05, 4.69) is 15.9 Å². The van der Waals surface area contributed by atoms with Crippen LogP contribution in [-0.4, -0.2) is 46.9 Å². The highest BCUT2D eigenvalue weighted by atomic mass is 79.9. The molecule has 1 aliphatic heterocycles. The zero-order valence-corrected chi connectivity index (χ0v) is 12.3. The van der Waals surface area contributed by atoms with Crippen LogP contribution in [0.15, 0.2) is 12.1 Å². The van der Waals surface area contributed by atoms with Gasteiger partial charge in [0.15, 0.2) is 0 Å². The molecule has 6 nitrogen and oxygen atoms in total. The molecule has 0 saturated carbocycles. The normalized spacial score (nSPS) is 18.6. The minimum atomic E-state index is -1.33. The molecule has 114 valence electrons. The second kappa shape index (κ2) is 6.44. The number of rotatable bonds is 3. The van der Waals surface area contributed by atoms with Gasteiger partial charge in [0, 0.05) is 18.4 Å². The number of ether oxygens (including phenoxy) is 1. The van der Waals surface area contributed by atoms with Crippen LogP contribution in [0, 0.1) is 21.7 Å². The van der Waals surface area contributed by atoms with E-state index in [1.165, 1.54) is 4.90 Å². The average Bonchev–Trinajstić information content (AvgIpc) is 2.48. The van der Waals surface area contributed by atoms with E-state index in [4.69, 9.17) is 4.74 Å². The van der Waals surface area contributed by atoms with Crippen LogP contribution in [0.4, 0.5) is 14.5 Å². The van der Waals surface area contributed by atoms with Gasteiger partial charge in [-0.1, -0.05) is 15.9 Å². The lowest BCUT2D eigenvalue weighted by Crippen LogP contribution is -2.46. The van der Waals surface area contributed by atoms with Crippen molar-refractivity contribution in [3.05, 3.63) is 39.4 Å². The van der Waals surface area contributed by atoms with Crippen LogP contribution >= 0.6 is 15.9 Å². The van der Waals surface area contributed by atoms with Crippen molar-refractivity contribution >= 4 is 27.5 Å². The number of carbonyl (C=O) groups excluding carboxylic acids is 1. The molecule has 21 heavy (non-hydrogen) atoms. The van der Waals surface area contributed by atoms with E-state index in [0.29, 0.717) is 17.5 Å². The highest BCUT2D eigenvalue weighted by molar-refractivity contribution is 9.09. The Morgan fingerprint density at radius 1 is 1.52 bits per heavy atom. The molecule has 1 aromatic rings. The Bertz CT molecular complexity index is 585. The van der Waals surface area contributed by atoms with E-state index < -0.39 is 33.7 Å². The summed E-state index contributed by atoms with van der Waals surface area (Å²) in [6.45, 7) is 0.682. The molecule has 0 spiro atoms. The van der Waals surface area contributed by atoms with Crippen LogP contribution in [0.25, 0.3) is 0 Å². The molecule has 1 heterocycles. The molecular weight excluding hydrogens is 354 g/mol. The third-order valence-electron chi connectivity index (χ3n) is 3.04. The van der Waals surface area contributed by atoms with Crippen LogP contribution in [0.2, 0.25) is 0 Å². The molecule has 1 aliphatic rings. The number of nitro groups is 1. The van der Waals surface area contributed by atoms with Crippen molar-refractivity contribution in [1.29, 1.82) is 0 Å². The fourth-order valence-corrected chi connectivity index (χ4v) is 2.42. The predicted octanol–water partition coefficient (Wildman–Crippen LogP) is 2.11. The van der Waals surface area contributed by atoms with Crippen LogP contribution < -0.4 is 0 Å². The van der Waals surface area contributed by atoms with E-state index in [1.54, 1.807) is 0 Å². The van der Waals surface area contributed by atoms with Crippen LogP contribution in [-0.2, 0) is 4.74 Å². The summed E-state index contributed by atoms with van der Waals surface area (Å²) in [6.07, 6.45) is -0.255. The molecule has 1 fully saturated rings. The minimum absolute atomic E-state index is 0.202. The first-order valence-electron chi connectivity index (χ1n) is 6.04. The number of alkyl halides is 1. The SMILES string of the molecule is O=C(c1cc(F)cc([N+](=O)[O-])c1F)N1CCOC(CBr)C1. The Kier molecular flexibility index (Phi) is 4.84. The van der Waals surface area contributed by atoms with Crippen molar-refractivity contribution in [2.75, 3.05) is 25.0 Å². The number of nitrogens with zero attached hydrogens (tertiary/aromatic N) is 2. The van der Waals surface area contributed by atoms with Crippen LogP contribution in [0.5, 0.6) is 0 Å². The van der Waals surface area contributed by atoms with E-state index >= 15 is 0 Å². The lowest BCUT2D eigenvalue weighted by Gasteiger charge is -2.32. The number of halogens is 3. The topological polar surface area (TPSA) is 72.7 Å². The van der Waals surface area contributed by atoms with Gasteiger partial charge in [-0.15, -0.1) is 0 Å². The van der Waals surface area contributed by atoms with Crippen LogP contribution in [0.3, 0.4) is 0 Å². The first-order valence-corrected chi connectivity index (χ1v) is 7.16. The van der Waals surface area contributed by atoms with Gasteiger partial charge in [0.2, 0.25) is 5.82 Å². The Balaban J connectivity index is 2.33. The Labute approximate surface area is 127 Å². The zero-order chi connectivity index (χ0) is 15.6. The third kappa shape index (κ3) is 3.35. The number of amides is 1. The van der Waals surface area contributed by atoms with Crippen molar-refractivity contribution < 1.29 is 23.2 Å². The average molecular weight is 365 g/mol. The van der Waals surface area contributed by atoms with Gasteiger partial charge in [-0.25, -0.2) is 4.39 Å². The number of carbonyl (C=O) groups is 1. The van der Waals surface area contributed by atoms with Crippen molar-refractivity contribution in [2.45, 2.75) is 6.10 Å². The maximum atomic E-state index is 14.0. The second-order valence-corrected chi connectivity index (χ2v) is 5.09. The monoisotopic (exact) mass is 364 g/mol. The summed E-state index contributed by atoms with van der Waals surface area (Å²) < 4.78 is 32.7. The summed E-state index contributed by atoms with van der Waals surface area (Å²) in [6, 6.07) is 1.12. The highest BCUT2D eigenvalue weighted by Gasteiger charge is 2.30. The predicted molar refractivity (Wildman–Crippen MR) is 72.4 cm³/mol. The zero-order valence-electron chi connectivity index (χ0n) is 10.7. The van der Waals surface area contributed by atoms with Crippen molar-refractivity contribution in [1.82, 2.24) is 4.90 Å². The lowest BCUT2D eigenvalue weighted by molar-refractivity contribution is -0.387. The molecule has 1 atom stereocenters. The number of morpholine rings is 1. The van der Waals surface area contributed by atoms with Crippen molar-refractivity contribution in [3.8, 4) is 0 Å². The summed E-state index contributed by atoms with van der Waals surface area (Å²) in [5.74, 6) is -3.14. The smallest absolute Gasteiger partial charge is 0.308 e. The van der Waals surface area contributed by atoms with Crippen molar-refractivity contribution in [3.63, 3.8) is 0 Å². The fourth-order valence-electron chi connectivity index (χ4n) is 2.03. The molecule has 1 saturated heterocycles. The summed E-state index contributed by atoms with van der Waals surface area (Å²) in [5.41, 5.74) is -1.69. The number of benzene rings is 1. The summed E-state index contributed by atoms with van der Waals surface area (Å²) >= 11 is 3.21. The molecule has 9 heteroatoms. The first kappa shape index (κ1) is 15.8. The highest BCUT2D eigenvalue weighted by Crippen LogP contribution is 2.24. The maximum Gasteiger partial charge on any atom is 0.308 e. The number of hydrogen-bond acceptors (Lipinski definition) is 4. The van der Waals surface area contributed by atoms with E-state index in [1.807, 2.05) is 0 Å². The molecule has 1 amide bonds. The summed E-state index contributed by atoms with van der Waals surface area (Å²) in [4.78, 5) is 23.1. The maximum absolute atomic E-state index is 14.0. The molecule has 0 N–H and O–H groups in total. The van der Waals surface area contributed by atoms with Gasteiger partial charge in [-0.3, -0.25) is 14.9 Å². The summed E-state index contributed by atoms with van der Waals surface area (Å²) in [7, 11) is 0. The first-order chi connectivity index (χ1) is 9.93. The Morgan fingerprint density at radius 3 is 2.86 bits per heavy atom. The molecular formula is C12H11BrF2N2O4. The molecule has 0 bridgehead atoms. The summed E-state index contributed by atoms with van der Waals surface area (Å²) in [5, 5.41) is 11.2. The molecule has 2 rings (SSSR count). The quantitative estimate of drug-likeness (QED) is 0.467. The van der Waals surface area contributed by atoms with Gasteiger partial charge in [-0.2, -0.15) is 4.39 Å². The standard InChI is InChI=1S/C12H11BrF2N2O4/c13-5-8-6-16(1-2-21-8)12(18)9-3-7(14)4-10(11(9)15)17(19)20/h3-4,8H,1-2,5-6H2. The molecule has 0 aliphatic carbocycles. The Hall–Kier alpha value is -1.61. The number of nitro benzene ring substituents is 1. The number of hydrogen-bond donors (Lipinski definition) is 0. The minimum Gasteiger partial charge on any atom is -0.374 e. The largest absolute Gasteiger partial charge is 0.374 e. The van der Waals surface area contributed by atoms with Gasteiger partial charge >= 0.3 is 5.69 Å². The fraction of sp³-hybridized carbons (Fsp3) is 0.417. The second-order valence-electron chi connectivity index (χ2n) is 4.44. The van der Waals surface area contributed by atoms with Gasteiger partial charge in [-0.05, 0) is 6.07 Å². The van der Waals surface area contributed by atoms with E-state index in [-0.39, 0.29) is 25.8 Å². The Morgan fingerprint density at radius 2 is 2.24 bits per heavy atom.